The van der Waals surface area contributed by atoms with Crippen molar-refractivity contribution in [2.24, 2.45) is 0 Å². The summed E-state index contributed by atoms with van der Waals surface area (Å²) >= 11 is 0. The molecule has 2 heterocycles. The van der Waals surface area contributed by atoms with E-state index < -0.39 is 5.76 Å². The van der Waals surface area contributed by atoms with Crippen molar-refractivity contribution < 1.29 is 4.42 Å². The van der Waals surface area contributed by atoms with Crippen molar-refractivity contribution in [3.63, 3.8) is 0 Å². The summed E-state index contributed by atoms with van der Waals surface area (Å²) in [5.74, 6) is 4.89. The Balaban J connectivity index is 3.03. The average molecular weight is 139 g/mol. The van der Waals surface area contributed by atoms with Gasteiger partial charge in [0.25, 0.3) is 0 Å². The molecular formula is C5H5N3O2. The van der Waals surface area contributed by atoms with Crippen LogP contribution in [0.1, 0.15) is 0 Å². The van der Waals surface area contributed by atoms with Gasteiger partial charge in [0.1, 0.15) is 0 Å². The standard InChI is InChI=1S/C5H5N3O2/c6-8-2-1-3-4(8)7-5(9)10-3/h1-2H,6H2,(H,7,9). The summed E-state index contributed by atoms with van der Waals surface area (Å²) in [6.45, 7) is 0. The van der Waals surface area contributed by atoms with Gasteiger partial charge in [-0.25, -0.2) is 4.79 Å². The molecule has 3 N–H and O–H groups in total. The van der Waals surface area contributed by atoms with Gasteiger partial charge in [-0.15, -0.1) is 0 Å². The van der Waals surface area contributed by atoms with E-state index in [1.807, 2.05) is 0 Å². The molecule has 0 amide bonds. The first-order valence-electron chi connectivity index (χ1n) is 2.72. The third-order valence-electron chi connectivity index (χ3n) is 1.30. The molecular weight excluding hydrogens is 134 g/mol. The molecule has 0 bridgehead atoms. The van der Waals surface area contributed by atoms with E-state index >= 15 is 0 Å². The van der Waals surface area contributed by atoms with E-state index in [4.69, 9.17) is 5.84 Å². The highest BCUT2D eigenvalue weighted by molar-refractivity contribution is 5.68. The number of nitrogens with one attached hydrogen (secondary N) is 1. The number of fused-ring (bicyclic) bond motifs is 1. The van der Waals surface area contributed by atoms with Crippen LogP contribution in [0.25, 0.3) is 11.2 Å². The second kappa shape index (κ2) is 1.44. The first-order valence-corrected chi connectivity index (χ1v) is 2.72. The fraction of sp³-hybridized carbons (Fsp3) is 0. The zero-order chi connectivity index (χ0) is 7.14. The van der Waals surface area contributed by atoms with Crippen molar-refractivity contribution in [3.05, 3.63) is 22.8 Å². The first kappa shape index (κ1) is 5.16. The van der Waals surface area contributed by atoms with Gasteiger partial charge in [-0.3, -0.25) is 9.66 Å². The second-order valence-electron chi connectivity index (χ2n) is 1.95. The molecule has 10 heavy (non-hydrogen) atoms. The Bertz CT molecular complexity index is 408. The first-order chi connectivity index (χ1) is 4.77. The van der Waals surface area contributed by atoms with Gasteiger partial charge in [-0.2, -0.15) is 0 Å². The summed E-state index contributed by atoms with van der Waals surface area (Å²) in [6, 6.07) is 1.62. The number of aromatic amines is 1. The van der Waals surface area contributed by atoms with Crippen LogP contribution >= 0.6 is 0 Å². The van der Waals surface area contributed by atoms with Crippen LogP contribution in [-0.4, -0.2) is 9.66 Å². The number of rotatable bonds is 0. The summed E-state index contributed by atoms with van der Waals surface area (Å²) in [5.41, 5.74) is 0.984. The average Bonchev–Trinajstić information content (AvgIpc) is 2.35. The van der Waals surface area contributed by atoms with E-state index in [0.29, 0.717) is 11.2 Å². The van der Waals surface area contributed by atoms with E-state index in [0.717, 1.165) is 0 Å². The number of nitrogen functional groups attached to an aromatic ring is 1. The van der Waals surface area contributed by atoms with Gasteiger partial charge in [0.15, 0.2) is 11.2 Å². The van der Waals surface area contributed by atoms with Crippen molar-refractivity contribution >= 4 is 11.2 Å². The Morgan fingerprint density at radius 1 is 1.70 bits per heavy atom. The molecule has 2 aromatic rings. The predicted molar refractivity (Wildman–Crippen MR) is 35.0 cm³/mol. The summed E-state index contributed by atoms with van der Waals surface area (Å²) < 4.78 is 5.97. The highest BCUT2D eigenvalue weighted by Crippen LogP contribution is 2.06. The maximum atomic E-state index is 10.5. The molecule has 0 spiro atoms. The number of H-pyrrole nitrogens is 1. The van der Waals surface area contributed by atoms with Crippen LogP contribution in [0.2, 0.25) is 0 Å². The lowest BCUT2D eigenvalue weighted by atomic mass is 10.6. The van der Waals surface area contributed by atoms with Gasteiger partial charge in [0, 0.05) is 12.3 Å². The number of hydrogen-bond donors (Lipinski definition) is 2. The van der Waals surface area contributed by atoms with E-state index in [9.17, 15) is 4.79 Å². The minimum Gasteiger partial charge on any atom is -0.406 e. The van der Waals surface area contributed by atoms with Crippen molar-refractivity contribution in [2.75, 3.05) is 5.84 Å². The van der Waals surface area contributed by atoms with Crippen molar-refractivity contribution in [2.45, 2.75) is 0 Å². The fourth-order valence-corrected chi connectivity index (χ4v) is 0.859. The van der Waals surface area contributed by atoms with Gasteiger partial charge < -0.3 is 10.3 Å². The third kappa shape index (κ3) is 0.485. The van der Waals surface area contributed by atoms with Crippen LogP contribution in [0, 0.1) is 0 Å². The van der Waals surface area contributed by atoms with E-state index in [1.165, 1.54) is 4.68 Å². The predicted octanol–water partition coefficient (Wildman–Crippen LogP) is -0.364. The molecule has 0 aliphatic carbocycles. The summed E-state index contributed by atoms with van der Waals surface area (Å²) in [4.78, 5) is 12.9. The molecule has 5 nitrogen and oxygen atoms in total. The topological polar surface area (TPSA) is 77.0 Å². The zero-order valence-corrected chi connectivity index (χ0v) is 5.00. The summed E-state index contributed by atoms with van der Waals surface area (Å²) in [5, 5.41) is 0. The van der Waals surface area contributed by atoms with Gasteiger partial charge in [0.2, 0.25) is 0 Å². The SMILES string of the molecule is Nn1ccc2oc(=O)[nH]c21. The Morgan fingerprint density at radius 2 is 2.50 bits per heavy atom. The van der Waals surface area contributed by atoms with E-state index in [2.05, 4.69) is 9.40 Å². The molecule has 0 aromatic carbocycles. The highest BCUT2D eigenvalue weighted by Gasteiger charge is 2.02. The third-order valence-corrected chi connectivity index (χ3v) is 1.30. The minimum absolute atomic E-state index is 0.479. The van der Waals surface area contributed by atoms with Crippen LogP contribution < -0.4 is 11.6 Å². The molecule has 5 heteroatoms. The lowest BCUT2D eigenvalue weighted by molar-refractivity contribution is 0.555. The van der Waals surface area contributed by atoms with Crippen molar-refractivity contribution in [3.8, 4) is 0 Å². The molecule has 52 valence electrons. The Labute approximate surface area is 55.0 Å². The monoisotopic (exact) mass is 139 g/mol. The molecule has 0 atom stereocenters. The van der Waals surface area contributed by atoms with Crippen LogP contribution in [0.15, 0.2) is 21.5 Å². The second-order valence-corrected chi connectivity index (χ2v) is 1.95. The number of hydrogen-bond acceptors (Lipinski definition) is 3. The number of nitrogens with two attached hydrogens (primary N) is 1. The lowest BCUT2D eigenvalue weighted by Crippen LogP contribution is -2.07. The summed E-state index contributed by atoms with van der Waals surface area (Å²) in [6.07, 6.45) is 1.60. The molecule has 0 unspecified atom stereocenters. The largest absolute Gasteiger partial charge is 0.418 e. The Morgan fingerprint density at radius 3 is 3.20 bits per heavy atom. The van der Waals surface area contributed by atoms with Gasteiger partial charge >= 0.3 is 5.76 Å². The maximum absolute atomic E-state index is 10.5. The van der Waals surface area contributed by atoms with Crippen molar-refractivity contribution in [1.29, 1.82) is 0 Å². The normalized spacial score (nSPS) is 10.8. The number of nitrogens with zero attached hydrogens (tertiary/aromatic N) is 1. The van der Waals surface area contributed by atoms with Gasteiger partial charge in [0.05, 0.1) is 0 Å². The van der Waals surface area contributed by atoms with E-state index in [1.54, 1.807) is 12.3 Å². The molecule has 0 aliphatic rings. The minimum atomic E-state index is -0.482. The number of oxazole rings is 1. The molecule has 0 aliphatic heterocycles. The van der Waals surface area contributed by atoms with Gasteiger partial charge in [-0.05, 0) is 0 Å². The smallest absolute Gasteiger partial charge is 0.406 e. The quantitative estimate of drug-likeness (QED) is 0.489. The Kier molecular flexibility index (Phi) is 0.743. The van der Waals surface area contributed by atoms with Crippen molar-refractivity contribution in [1.82, 2.24) is 9.66 Å². The highest BCUT2D eigenvalue weighted by atomic mass is 16.4. The fourth-order valence-electron chi connectivity index (χ4n) is 0.859. The number of aromatic nitrogens is 2. The molecule has 2 rings (SSSR count). The van der Waals surface area contributed by atoms with Crippen LogP contribution in [0.3, 0.4) is 0 Å². The zero-order valence-electron chi connectivity index (χ0n) is 5.00. The van der Waals surface area contributed by atoms with Crippen LogP contribution in [0.5, 0.6) is 0 Å². The van der Waals surface area contributed by atoms with E-state index in [-0.39, 0.29) is 0 Å². The molecule has 0 saturated carbocycles. The van der Waals surface area contributed by atoms with Crippen LogP contribution in [-0.2, 0) is 0 Å². The molecule has 0 radical (unpaired) electrons. The summed E-state index contributed by atoms with van der Waals surface area (Å²) in [7, 11) is 0. The lowest BCUT2D eigenvalue weighted by Gasteiger charge is -1.85. The van der Waals surface area contributed by atoms with Gasteiger partial charge in [-0.1, -0.05) is 0 Å². The maximum Gasteiger partial charge on any atom is 0.418 e. The molecule has 0 fully saturated rings. The Hall–Kier alpha value is -1.65. The molecule has 2 aromatic heterocycles. The van der Waals surface area contributed by atoms with Crippen LogP contribution in [0.4, 0.5) is 0 Å². The molecule has 0 saturated heterocycles.